The lowest BCUT2D eigenvalue weighted by molar-refractivity contribution is -0.0132. The van der Waals surface area contributed by atoms with Crippen LogP contribution >= 0.6 is 0 Å². The molecule has 4 aliphatic heterocycles. The molecule has 1 amide bonds. The number of hydrogen-bond acceptors (Lipinski definition) is 4. The quantitative estimate of drug-likeness (QED) is 0.819. The van der Waals surface area contributed by atoms with E-state index in [0.717, 1.165) is 37.7 Å². The Balaban J connectivity index is 1.41. The topological polar surface area (TPSA) is 36.0 Å². The fraction of sp³-hybridized carbons (Fsp3) is 0.632. The molecule has 142 valence electrons. The molecule has 1 atom stereocenters. The summed E-state index contributed by atoms with van der Waals surface area (Å²) in [5.74, 6) is -1.49. The van der Waals surface area contributed by atoms with Gasteiger partial charge in [0.05, 0.1) is 7.11 Å². The average Bonchev–Trinajstić information content (AvgIpc) is 2.68. The van der Waals surface area contributed by atoms with Crippen molar-refractivity contribution in [2.45, 2.75) is 18.9 Å². The molecular formula is C19H25F2N3O2. The van der Waals surface area contributed by atoms with Crippen molar-refractivity contribution in [2.24, 2.45) is 5.92 Å². The second kappa shape index (κ2) is 7.12. The zero-order chi connectivity index (χ0) is 18.3. The predicted octanol–water partition coefficient (Wildman–Crippen LogP) is 1.83. The molecule has 1 unspecified atom stereocenters. The van der Waals surface area contributed by atoms with Gasteiger partial charge >= 0.3 is 0 Å². The standard InChI is InChI=1S/C19H25F2N3O2/c1-26-14-10-15(20)18(16(21)11-14)19(25)24-8-6-23(7-9-24)17-12-22-4-2-13(17)3-5-22/h10-11,13,17H,2-9,12H2,1H3. The van der Waals surface area contributed by atoms with Crippen LogP contribution in [0.25, 0.3) is 0 Å². The summed E-state index contributed by atoms with van der Waals surface area (Å²) in [5, 5.41) is 0. The Morgan fingerprint density at radius 2 is 1.65 bits per heavy atom. The number of methoxy groups -OCH3 is 1. The second-order valence-electron chi connectivity index (χ2n) is 7.50. The zero-order valence-corrected chi connectivity index (χ0v) is 15.1. The lowest BCUT2D eigenvalue weighted by Crippen LogP contribution is -2.61. The molecule has 0 aliphatic carbocycles. The van der Waals surface area contributed by atoms with Crippen LogP contribution in [-0.2, 0) is 0 Å². The van der Waals surface area contributed by atoms with Gasteiger partial charge in [0.15, 0.2) is 0 Å². The van der Waals surface area contributed by atoms with E-state index < -0.39 is 23.1 Å². The molecule has 0 radical (unpaired) electrons. The summed E-state index contributed by atoms with van der Waals surface area (Å²) in [4.78, 5) is 19.2. The van der Waals surface area contributed by atoms with Gasteiger partial charge in [-0.3, -0.25) is 9.69 Å². The minimum atomic E-state index is -0.869. The van der Waals surface area contributed by atoms with E-state index >= 15 is 0 Å². The number of piperazine rings is 1. The lowest BCUT2D eigenvalue weighted by Gasteiger charge is -2.51. The molecule has 4 fully saturated rings. The van der Waals surface area contributed by atoms with E-state index in [4.69, 9.17) is 4.74 Å². The summed E-state index contributed by atoms with van der Waals surface area (Å²) in [6, 6.07) is 2.67. The Morgan fingerprint density at radius 1 is 1.04 bits per heavy atom. The number of halogens is 2. The molecule has 7 heteroatoms. The highest BCUT2D eigenvalue weighted by molar-refractivity contribution is 5.95. The van der Waals surface area contributed by atoms with Gasteiger partial charge in [0.25, 0.3) is 5.91 Å². The molecule has 4 aliphatic rings. The van der Waals surface area contributed by atoms with Crippen LogP contribution in [0.3, 0.4) is 0 Å². The first-order valence-electron chi connectivity index (χ1n) is 9.35. The SMILES string of the molecule is COc1cc(F)c(C(=O)N2CCN(C3CN4CCC3CC4)CC2)c(F)c1. The molecular weight excluding hydrogens is 340 g/mol. The molecule has 0 N–H and O–H groups in total. The van der Waals surface area contributed by atoms with Crippen molar-refractivity contribution >= 4 is 5.91 Å². The summed E-state index contributed by atoms with van der Waals surface area (Å²) in [5.41, 5.74) is -0.484. The summed E-state index contributed by atoms with van der Waals surface area (Å²) in [7, 11) is 1.34. The van der Waals surface area contributed by atoms with Crippen LogP contribution in [0, 0.1) is 17.6 Å². The van der Waals surface area contributed by atoms with Gasteiger partial charge < -0.3 is 14.5 Å². The van der Waals surface area contributed by atoms with Crippen LogP contribution in [0.2, 0.25) is 0 Å². The highest BCUT2D eigenvalue weighted by Gasteiger charge is 2.39. The Bertz CT molecular complexity index is 660. The van der Waals surface area contributed by atoms with E-state index in [2.05, 4.69) is 9.80 Å². The van der Waals surface area contributed by atoms with Crippen molar-refractivity contribution in [2.75, 3.05) is 52.9 Å². The number of ether oxygens (including phenoxy) is 1. The first kappa shape index (κ1) is 17.7. The number of benzene rings is 1. The molecule has 0 aromatic heterocycles. The van der Waals surface area contributed by atoms with Gasteiger partial charge in [0, 0.05) is 50.9 Å². The Kier molecular flexibility index (Phi) is 4.84. The Morgan fingerprint density at radius 3 is 2.15 bits per heavy atom. The Hall–Kier alpha value is -1.73. The lowest BCUT2D eigenvalue weighted by atomic mass is 9.83. The van der Waals surface area contributed by atoms with Crippen LogP contribution in [0.1, 0.15) is 23.2 Å². The van der Waals surface area contributed by atoms with Crippen molar-refractivity contribution in [3.05, 3.63) is 29.3 Å². The van der Waals surface area contributed by atoms with Crippen LogP contribution < -0.4 is 4.74 Å². The highest BCUT2D eigenvalue weighted by Crippen LogP contribution is 2.31. The van der Waals surface area contributed by atoms with Crippen LogP contribution in [-0.4, -0.2) is 79.6 Å². The minimum Gasteiger partial charge on any atom is -0.497 e. The van der Waals surface area contributed by atoms with Crippen molar-refractivity contribution < 1.29 is 18.3 Å². The van der Waals surface area contributed by atoms with E-state index in [9.17, 15) is 13.6 Å². The molecule has 5 rings (SSSR count). The molecule has 1 aromatic rings. The number of rotatable bonds is 3. The van der Waals surface area contributed by atoms with Crippen molar-refractivity contribution in [3.63, 3.8) is 0 Å². The monoisotopic (exact) mass is 365 g/mol. The van der Waals surface area contributed by atoms with Crippen LogP contribution in [0.15, 0.2) is 12.1 Å². The first-order valence-corrected chi connectivity index (χ1v) is 9.35. The number of carbonyl (C=O) groups excluding carboxylic acids is 1. The molecule has 0 saturated carbocycles. The zero-order valence-electron chi connectivity index (χ0n) is 15.1. The van der Waals surface area contributed by atoms with Crippen LogP contribution in [0.5, 0.6) is 5.75 Å². The van der Waals surface area contributed by atoms with Gasteiger partial charge in [-0.25, -0.2) is 8.78 Å². The fourth-order valence-electron chi connectivity index (χ4n) is 4.63. The maximum atomic E-state index is 14.2. The average molecular weight is 365 g/mol. The maximum absolute atomic E-state index is 14.2. The number of carbonyl (C=O) groups is 1. The van der Waals surface area contributed by atoms with Crippen molar-refractivity contribution in [1.29, 1.82) is 0 Å². The van der Waals surface area contributed by atoms with E-state index in [0.29, 0.717) is 19.1 Å². The third-order valence-electron chi connectivity index (χ3n) is 6.16. The van der Waals surface area contributed by atoms with Crippen molar-refractivity contribution in [1.82, 2.24) is 14.7 Å². The third kappa shape index (κ3) is 3.18. The third-order valence-corrected chi connectivity index (χ3v) is 6.16. The number of hydrogen-bond donors (Lipinski definition) is 0. The second-order valence-corrected chi connectivity index (χ2v) is 7.50. The molecule has 26 heavy (non-hydrogen) atoms. The van der Waals surface area contributed by atoms with Gasteiger partial charge in [-0.15, -0.1) is 0 Å². The number of fused-ring (bicyclic) bond motifs is 3. The van der Waals surface area contributed by atoms with Gasteiger partial charge in [-0.05, 0) is 31.8 Å². The molecule has 5 nitrogen and oxygen atoms in total. The number of piperidine rings is 3. The Labute approximate surface area is 152 Å². The van der Waals surface area contributed by atoms with E-state index in [1.165, 1.54) is 33.0 Å². The van der Waals surface area contributed by atoms with E-state index in [1.807, 2.05) is 0 Å². The molecule has 4 saturated heterocycles. The molecule has 4 heterocycles. The largest absolute Gasteiger partial charge is 0.497 e. The first-order chi connectivity index (χ1) is 12.6. The summed E-state index contributed by atoms with van der Waals surface area (Å²) in [6.07, 6.45) is 2.51. The van der Waals surface area contributed by atoms with Gasteiger partial charge in [-0.1, -0.05) is 0 Å². The van der Waals surface area contributed by atoms with Gasteiger partial charge in [0.2, 0.25) is 0 Å². The highest BCUT2D eigenvalue weighted by atomic mass is 19.1. The molecule has 0 spiro atoms. The van der Waals surface area contributed by atoms with E-state index in [1.54, 1.807) is 4.90 Å². The summed E-state index contributed by atoms with van der Waals surface area (Å²) < 4.78 is 33.2. The molecule has 1 aromatic carbocycles. The van der Waals surface area contributed by atoms with E-state index in [-0.39, 0.29) is 5.75 Å². The maximum Gasteiger partial charge on any atom is 0.259 e. The number of amides is 1. The van der Waals surface area contributed by atoms with Crippen molar-refractivity contribution in [3.8, 4) is 5.75 Å². The summed E-state index contributed by atoms with van der Waals surface area (Å²) in [6.45, 7) is 6.06. The molecule has 2 bridgehead atoms. The minimum absolute atomic E-state index is 0.0729. The fourth-order valence-corrected chi connectivity index (χ4v) is 4.63. The van der Waals surface area contributed by atoms with Crippen LogP contribution in [0.4, 0.5) is 8.78 Å². The van der Waals surface area contributed by atoms with Gasteiger partial charge in [-0.2, -0.15) is 0 Å². The number of nitrogens with zero attached hydrogens (tertiary/aromatic N) is 3. The summed E-state index contributed by atoms with van der Waals surface area (Å²) >= 11 is 0. The normalized spacial score (nSPS) is 29.0. The smallest absolute Gasteiger partial charge is 0.259 e. The van der Waals surface area contributed by atoms with Gasteiger partial charge in [0.1, 0.15) is 22.9 Å². The predicted molar refractivity (Wildman–Crippen MR) is 93.3 cm³/mol.